The van der Waals surface area contributed by atoms with Gasteiger partial charge in [0, 0.05) is 11.6 Å². The van der Waals surface area contributed by atoms with Crippen molar-refractivity contribution in [1.29, 1.82) is 0 Å². The first-order chi connectivity index (χ1) is 15.9. The van der Waals surface area contributed by atoms with Crippen molar-refractivity contribution in [3.05, 3.63) is 76.6 Å². The Hall–Kier alpha value is -3.73. The van der Waals surface area contributed by atoms with E-state index in [2.05, 4.69) is 20.7 Å². The van der Waals surface area contributed by atoms with Gasteiger partial charge in [0.2, 0.25) is 11.7 Å². The van der Waals surface area contributed by atoms with Crippen molar-refractivity contribution >= 4 is 17.5 Å². The van der Waals surface area contributed by atoms with Crippen LogP contribution < -0.4 is 10.6 Å². The lowest BCUT2D eigenvalue weighted by Gasteiger charge is -2.23. The number of ether oxygens (including phenoxy) is 1. The maximum atomic E-state index is 14.3. The summed E-state index contributed by atoms with van der Waals surface area (Å²) in [6.07, 6.45) is -0.533. The van der Waals surface area contributed by atoms with Gasteiger partial charge < -0.3 is 15.4 Å². The third kappa shape index (κ3) is 3.95. The van der Waals surface area contributed by atoms with Gasteiger partial charge in [-0.3, -0.25) is 9.59 Å². The van der Waals surface area contributed by atoms with Gasteiger partial charge in [-0.1, -0.05) is 18.2 Å². The molecule has 0 bridgehead atoms. The van der Waals surface area contributed by atoms with E-state index >= 15 is 0 Å². The van der Waals surface area contributed by atoms with E-state index in [-0.39, 0.29) is 42.3 Å². The van der Waals surface area contributed by atoms with Crippen LogP contribution in [0.5, 0.6) is 0 Å². The molecule has 2 aromatic carbocycles. The van der Waals surface area contributed by atoms with Gasteiger partial charge in [-0.25, -0.2) is 22.8 Å². The van der Waals surface area contributed by atoms with Gasteiger partial charge in [0.1, 0.15) is 29.6 Å². The number of halogens is 3. The molecule has 170 valence electrons. The summed E-state index contributed by atoms with van der Waals surface area (Å²) in [5.74, 6) is -3.39. The number of rotatable bonds is 3. The predicted molar refractivity (Wildman–Crippen MR) is 109 cm³/mol. The molecular formula is C22H18F3N5O3. The van der Waals surface area contributed by atoms with Crippen LogP contribution in [0.3, 0.4) is 0 Å². The van der Waals surface area contributed by atoms with Crippen molar-refractivity contribution in [1.82, 2.24) is 20.1 Å². The zero-order valence-electron chi connectivity index (χ0n) is 17.1. The average molecular weight is 457 g/mol. The van der Waals surface area contributed by atoms with E-state index in [4.69, 9.17) is 4.74 Å². The number of hydrogen-bond donors (Lipinski definition) is 2. The van der Waals surface area contributed by atoms with Crippen molar-refractivity contribution in [2.45, 2.75) is 31.5 Å². The number of carbonyl (C=O) groups is 2. The van der Waals surface area contributed by atoms with E-state index in [1.54, 1.807) is 18.2 Å². The Morgan fingerprint density at radius 1 is 1.18 bits per heavy atom. The Balaban J connectivity index is 1.36. The molecule has 0 fully saturated rings. The second kappa shape index (κ2) is 8.32. The number of fused-ring (bicyclic) bond motifs is 2. The van der Waals surface area contributed by atoms with Crippen molar-refractivity contribution in [2.75, 3.05) is 11.9 Å². The van der Waals surface area contributed by atoms with Crippen LogP contribution in [0.4, 0.5) is 18.9 Å². The summed E-state index contributed by atoms with van der Waals surface area (Å²) in [6, 6.07) is 6.93. The van der Waals surface area contributed by atoms with Crippen LogP contribution in [0.2, 0.25) is 0 Å². The van der Waals surface area contributed by atoms with Crippen molar-refractivity contribution < 1.29 is 27.5 Å². The Kier molecular flexibility index (Phi) is 5.33. The monoisotopic (exact) mass is 457 g/mol. The summed E-state index contributed by atoms with van der Waals surface area (Å²) in [7, 11) is 0. The Labute approximate surface area is 185 Å². The van der Waals surface area contributed by atoms with Crippen LogP contribution in [0, 0.1) is 17.5 Å². The van der Waals surface area contributed by atoms with Gasteiger partial charge >= 0.3 is 0 Å². The van der Waals surface area contributed by atoms with E-state index in [1.807, 2.05) is 0 Å². The van der Waals surface area contributed by atoms with Gasteiger partial charge in [0.25, 0.3) is 5.91 Å². The first-order valence-electron chi connectivity index (χ1n) is 10.3. The third-order valence-electron chi connectivity index (χ3n) is 5.62. The highest BCUT2D eigenvalue weighted by Crippen LogP contribution is 2.30. The minimum absolute atomic E-state index is 0.0985. The second-order valence-electron chi connectivity index (χ2n) is 7.76. The molecule has 0 aliphatic carbocycles. The number of nitrogens with zero attached hydrogens (tertiary/aromatic N) is 3. The van der Waals surface area contributed by atoms with Crippen molar-refractivity contribution in [2.24, 2.45) is 0 Å². The molecule has 0 radical (unpaired) electrons. The van der Waals surface area contributed by atoms with E-state index in [0.717, 1.165) is 6.07 Å². The number of amides is 2. The van der Waals surface area contributed by atoms with E-state index < -0.39 is 41.4 Å². The fourth-order valence-corrected chi connectivity index (χ4v) is 4.02. The molecule has 1 aromatic heterocycles. The molecule has 5 rings (SSSR count). The van der Waals surface area contributed by atoms with E-state index in [9.17, 15) is 22.8 Å². The lowest BCUT2D eigenvalue weighted by atomic mass is 10.1. The first kappa shape index (κ1) is 21.1. The van der Waals surface area contributed by atoms with Gasteiger partial charge in [-0.2, -0.15) is 0 Å². The standard InChI is InChI=1S/C22H18F3N5O3/c23-12-9-11-5-6-16(21(31)27-17(11)15(25)10-12)26-22(32)19-28-20-18(33-8-7-30(20)29-19)13-3-1-2-4-14(13)24/h1-4,9-10,16,18H,5-8H2,(H,26,32)(H,27,31)/t16-,18?/m0/s1. The molecule has 11 heteroatoms. The quantitative estimate of drug-likeness (QED) is 0.630. The lowest BCUT2D eigenvalue weighted by molar-refractivity contribution is -0.118. The molecule has 1 unspecified atom stereocenters. The highest BCUT2D eigenvalue weighted by Gasteiger charge is 2.32. The zero-order chi connectivity index (χ0) is 23.1. The van der Waals surface area contributed by atoms with Crippen LogP contribution >= 0.6 is 0 Å². The largest absolute Gasteiger partial charge is 0.363 e. The summed E-state index contributed by atoms with van der Waals surface area (Å²) in [6.45, 7) is 0.576. The second-order valence-corrected chi connectivity index (χ2v) is 7.76. The molecule has 8 nitrogen and oxygen atoms in total. The summed E-state index contributed by atoms with van der Waals surface area (Å²) in [5, 5.41) is 9.14. The van der Waals surface area contributed by atoms with Crippen LogP contribution in [0.1, 0.15) is 40.1 Å². The fourth-order valence-electron chi connectivity index (χ4n) is 4.02. The van der Waals surface area contributed by atoms with Crippen molar-refractivity contribution in [3.63, 3.8) is 0 Å². The third-order valence-corrected chi connectivity index (χ3v) is 5.62. The minimum Gasteiger partial charge on any atom is -0.363 e. The molecule has 0 saturated heterocycles. The van der Waals surface area contributed by atoms with E-state index in [1.165, 1.54) is 10.7 Å². The van der Waals surface area contributed by atoms with Crippen LogP contribution in [-0.2, 0) is 22.5 Å². The molecule has 2 amide bonds. The van der Waals surface area contributed by atoms with Gasteiger partial charge in [-0.05, 0) is 30.5 Å². The Morgan fingerprint density at radius 3 is 2.82 bits per heavy atom. The lowest BCUT2D eigenvalue weighted by Crippen LogP contribution is -2.43. The fraction of sp³-hybridized carbons (Fsp3) is 0.273. The van der Waals surface area contributed by atoms with Crippen molar-refractivity contribution in [3.8, 4) is 0 Å². The molecule has 2 aliphatic rings. The molecule has 33 heavy (non-hydrogen) atoms. The summed E-state index contributed by atoms with van der Waals surface area (Å²) in [5.41, 5.74) is 0.477. The minimum atomic E-state index is -1.01. The summed E-state index contributed by atoms with van der Waals surface area (Å²) >= 11 is 0. The number of aryl methyl sites for hydroxylation is 1. The normalized spacial score (nSPS) is 19.8. The SMILES string of the molecule is O=C(N[C@H]1CCc2cc(F)cc(F)c2NC1=O)c1nc2n(n1)CCOC2c1ccccc1F. The van der Waals surface area contributed by atoms with Crippen LogP contribution in [0.25, 0.3) is 0 Å². The number of carbonyl (C=O) groups excluding carboxylic acids is 2. The molecule has 3 aromatic rings. The number of anilines is 1. The Morgan fingerprint density at radius 2 is 2.00 bits per heavy atom. The maximum Gasteiger partial charge on any atom is 0.291 e. The molecule has 2 aliphatic heterocycles. The van der Waals surface area contributed by atoms with E-state index in [0.29, 0.717) is 18.2 Å². The molecule has 2 atom stereocenters. The highest BCUT2D eigenvalue weighted by molar-refractivity contribution is 6.00. The predicted octanol–water partition coefficient (Wildman–Crippen LogP) is 2.50. The smallest absolute Gasteiger partial charge is 0.291 e. The zero-order valence-corrected chi connectivity index (χ0v) is 17.1. The van der Waals surface area contributed by atoms with Gasteiger partial charge in [0.05, 0.1) is 18.8 Å². The molecular weight excluding hydrogens is 439 g/mol. The van der Waals surface area contributed by atoms with Gasteiger partial charge in [-0.15, -0.1) is 5.10 Å². The molecule has 3 heterocycles. The van der Waals surface area contributed by atoms with Crippen LogP contribution in [0.15, 0.2) is 36.4 Å². The topological polar surface area (TPSA) is 98.1 Å². The molecule has 2 N–H and O–H groups in total. The first-order valence-corrected chi connectivity index (χ1v) is 10.3. The number of nitrogens with one attached hydrogen (secondary N) is 2. The average Bonchev–Trinajstić information content (AvgIpc) is 3.17. The maximum absolute atomic E-state index is 14.3. The van der Waals surface area contributed by atoms with Crippen LogP contribution in [-0.4, -0.2) is 39.2 Å². The van der Waals surface area contributed by atoms with Gasteiger partial charge in [0.15, 0.2) is 5.82 Å². The summed E-state index contributed by atoms with van der Waals surface area (Å²) < 4.78 is 49.0. The summed E-state index contributed by atoms with van der Waals surface area (Å²) in [4.78, 5) is 29.6. The Bertz CT molecular complexity index is 1260. The number of aromatic nitrogens is 3. The molecule has 0 spiro atoms. The number of hydrogen-bond acceptors (Lipinski definition) is 5. The molecule has 0 saturated carbocycles. The number of benzene rings is 2. The highest BCUT2D eigenvalue weighted by atomic mass is 19.1.